The molecule has 1 aromatic heterocycles. The zero-order valence-electron chi connectivity index (χ0n) is 7.72. The van der Waals surface area contributed by atoms with Crippen LogP contribution in [-0.4, -0.2) is 9.97 Å². The van der Waals surface area contributed by atoms with Gasteiger partial charge in [-0.3, -0.25) is 0 Å². The van der Waals surface area contributed by atoms with Gasteiger partial charge in [-0.1, -0.05) is 11.6 Å². The highest BCUT2D eigenvalue weighted by Gasteiger charge is 2.03. The smallest absolute Gasteiger partial charge is 0.262 e. The maximum atomic E-state index is 5.74. The molecule has 0 aliphatic heterocycles. The van der Waals surface area contributed by atoms with Crippen molar-refractivity contribution in [2.45, 2.75) is 0 Å². The number of anilines is 1. The minimum absolute atomic E-state index is 0.257. The lowest BCUT2D eigenvalue weighted by atomic mass is 10.3. The number of nitrogens with two attached hydrogens (primary N) is 1. The molecule has 0 spiro atoms. The molecule has 0 fully saturated rings. The summed E-state index contributed by atoms with van der Waals surface area (Å²) in [5, 5.41) is 0.648. The van der Waals surface area contributed by atoms with Crippen LogP contribution in [0.4, 0.5) is 5.82 Å². The van der Waals surface area contributed by atoms with Gasteiger partial charge in [0.25, 0.3) is 5.88 Å². The van der Waals surface area contributed by atoms with Crippen molar-refractivity contribution in [3.05, 3.63) is 41.7 Å². The van der Waals surface area contributed by atoms with Crippen molar-refractivity contribution in [1.29, 1.82) is 0 Å². The summed E-state index contributed by atoms with van der Waals surface area (Å²) >= 11 is 5.74. The van der Waals surface area contributed by atoms with Gasteiger partial charge in [0.1, 0.15) is 5.75 Å². The molecule has 0 saturated carbocycles. The topological polar surface area (TPSA) is 61.0 Å². The molecule has 2 aromatic rings. The number of rotatable bonds is 2. The minimum Gasteiger partial charge on any atom is -0.436 e. The van der Waals surface area contributed by atoms with Gasteiger partial charge >= 0.3 is 0 Å². The molecule has 76 valence electrons. The molecular formula is C10H8ClN3O. The maximum absolute atomic E-state index is 5.74. The van der Waals surface area contributed by atoms with Gasteiger partial charge in [0.2, 0.25) is 0 Å². The third kappa shape index (κ3) is 2.35. The van der Waals surface area contributed by atoms with Crippen LogP contribution in [-0.2, 0) is 0 Å². The first-order valence-corrected chi connectivity index (χ1v) is 4.63. The van der Waals surface area contributed by atoms with Crippen molar-refractivity contribution in [1.82, 2.24) is 9.97 Å². The Bertz CT molecular complexity index is 458. The summed E-state index contributed by atoms with van der Waals surface area (Å²) in [6.45, 7) is 0. The zero-order valence-corrected chi connectivity index (χ0v) is 8.48. The fraction of sp³-hybridized carbons (Fsp3) is 0. The van der Waals surface area contributed by atoms with Crippen molar-refractivity contribution < 1.29 is 4.74 Å². The summed E-state index contributed by atoms with van der Waals surface area (Å²) in [5.74, 6) is 1.17. The largest absolute Gasteiger partial charge is 0.436 e. The summed E-state index contributed by atoms with van der Waals surface area (Å²) in [5.41, 5.74) is 5.57. The lowest BCUT2D eigenvalue weighted by Gasteiger charge is -2.05. The van der Waals surface area contributed by atoms with Crippen molar-refractivity contribution in [3.63, 3.8) is 0 Å². The van der Waals surface area contributed by atoms with Gasteiger partial charge in [-0.15, -0.1) is 0 Å². The molecule has 2 N–H and O–H groups in total. The van der Waals surface area contributed by atoms with Crippen LogP contribution in [0, 0.1) is 0 Å². The number of halogens is 1. The molecule has 1 heterocycles. The second-order valence-corrected chi connectivity index (χ2v) is 3.24. The van der Waals surface area contributed by atoms with Crippen LogP contribution in [0.1, 0.15) is 0 Å². The lowest BCUT2D eigenvalue weighted by Crippen LogP contribution is -1.96. The summed E-state index contributed by atoms with van der Waals surface area (Å²) in [4.78, 5) is 7.81. The summed E-state index contributed by atoms with van der Waals surface area (Å²) in [7, 11) is 0. The molecule has 0 bridgehead atoms. The zero-order chi connectivity index (χ0) is 10.7. The third-order valence-electron chi connectivity index (χ3n) is 1.72. The van der Waals surface area contributed by atoms with Crippen LogP contribution in [0.25, 0.3) is 0 Å². The van der Waals surface area contributed by atoms with Crippen LogP contribution in [0.15, 0.2) is 36.7 Å². The average molecular weight is 222 g/mol. The van der Waals surface area contributed by atoms with E-state index in [1.54, 1.807) is 24.3 Å². The van der Waals surface area contributed by atoms with E-state index in [2.05, 4.69) is 9.97 Å². The number of hydrogen-bond donors (Lipinski definition) is 1. The summed E-state index contributed by atoms with van der Waals surface area (Å²) in [6.07, 6.45) is 3.02. The van der Waals surface area contributed by atoms with Gasteiger partial charge in [0, 0.05) is 17.4 Å². The van der Waals surface area contributed by atoms with E-state index in [0.717, 1.165) is 0 Å². The van der Waals surface area contributed by atoms with E-state index < -0.39 is 0 Å². The highest BCUT2D eigenvalue weighted by molar-refractivity contribution is 6.30. The predicted octanol–water partition coefficient (Wildman–Crippen LogP) is 2.50. The molecule has 4 nitrogen and oxygen atoms in total. The molecular weight excluding hydrogens is 214 g/mol. The van der Waals surface area contributed by atoms with E-state index in [-0.39, 0.29) is 5.82 Å². The first-order valence-electron chi connectivity index (χ1n) is 4.25. The number of hydrogen-bond acceptors (Lipinski definition) is 4. The van der Waals surface area contributed by atoms with Crippen molar-refractivity contribution in [2.24, 2.45) is 0 Å². The second-order valence-electron chi connectivity index (χ2n) is 2.80. The Morgan fingerprint density at radius 2 is 1.73 bits per heavy atom. The number of ether oxygens (including phenoxy) is 1. The highest BCUT2D eigenvalue weighted by Crippen LogP contribution is 2.23. The Labute approximate surface area is 91.7 Å². The number of benzene rings is 1. The first kappa shape index (κ1) is 9.73. The van der Waals surface area contributed by atoms with E-state index in [1.165, 1.54) is 12.4 Å². The SMILES string of the molecule is Nc1nccnc1Oc1ccc(Cl)cc1. The molecule has 0 unspecified atom stereocenters. The van der Waals surface area contributed by atoms with E-state index in [4.69, 9.17) is 22.1 Å². The van der Waals surface area contributed by atoms with E-state index in [1.807, 2.05) is 0 Å². The van der Waals surface area contributed by atoms with Gasteiger partial charge in [-0.25, -0.2) is 9.97 Å². The van der Waals surface area contributed by atoms with Crippen LogP contribution in [0.5, 0.6) is 11.6 Å². The van der Waals surface area contributed by atoms with Crippen LogP contribution in [0.2, 0.25) is 5.02 Å². The minimum atomic E-state index is 0.257. The van der Waals surface area contributed by atoms with Gasteiger partial charge in [-0.05, 0) is 24.3 Å². The molecule has 0 aliphatic rings. The Morgan fingerprint density at radius 1 is 1.07 bits per heavy atom. The molecule has 15 heavy (non-hydrogen) atoms. The monoisotopic (exact) mass is 221 g/mol. The highest BCUT2D eigenvalue weighted by atomic mass is 35.5. The van der Waals surface area contributed by atoms with Gasteiger partial charge < -0.3 is 10.5 Å². The second kappa shape index (κ2) is 4.14. The molecule has 5 heteroatoms. The average Bonchev–Trinajstić information content (AvgIpc) is 2.25. The fourth-order valence-electron chi connectivity index (χ4n) is 1.03. The Kier molecular flexibility index (Phi) is 2.69. The Hall–Kier alpha value is -1.81. The maximum Gasteiger partial charge on any atom is 0.262 e. The quantitative estimate of drug-likeness (QED) is 0.847. The Balaban J connectivity index is 2.22. The van der Waals surface area contributed by atoms with E-state index >= 15 is 0 Å². The molecule has 1 aromatic carbocycles. The summed E-state index contributed by atoms with van der Waals surface area (Å²) in [6, 6.07) is 6.92. The molecule has 2 rings (SSSR count). The number of aromatic nitrogens is 2. The molecule has 0 radical (unpaired) electrons. The lowest BCUT2D eigenvalue weighted by molar-refractivity contribution is 0.463. The first-order chi connectivity index (χ1) is 7.25. The number of nitrogens with zero attached hydrogens (tertiary/aromatic N) is 2. The molecule has 0 saturated heterocycles. The van der Waals surface area contributed by atoms with Crippen molar-refractivity contribution in [2.75, 3.05) is 5.73 Å². The van der Waals surface area contributed by atoms with Crippen LogP contribution < -0.4 is 10.5 Å². The fourth-order valence-corrected chi connectivity index (χ4v) is 1.15. The van der Waals surface area contributed by atoms with Crippen molar-refractivity contribution >= 4 is 17.4 Å². The van der Waals surface area contributed by atoms with Crippen LogP contribution in [0.3, 0.4) is 0 Å². The van der Waals surface area contributed by atoms with Crippen molar-refractivity contribution in [3.8, 4) is 11.6 Å². The predicted molar refractivity (Wildman–Crippen MR) is 58.0 cm³/mol. The molecule has 0 aliphatic carbocycles. The normalized spacial score (nSPS) is 9.93. The van der Waals surface area contributed by atoms with E-state index in [9.17, 15) is 0 Å². The van der Waals surface area contributed by atoms with E-state index in [0.29, 0.717) is 16.7 Å². The molecule has 0 atom stereocenters. The number of nitrogen functional groups attached to an aromatic ring is 1. The third-order valence-corrected chi connectivity index (χ3v) is 1.97. The van der Waals surface area contributed by atoms with Gasteiger partial charge in [0.15, 0.2) is 5.82 Å². The van der Waals surface area contributed by atoms with Crippen LogP contribution >= 0.6 is 11.6 Å². The van der Waals surface area contributed by atoms with Gasteiger partial charge in [0.05, 0.1) is 0 Å². The Morgan fingerprint density at radius 3 is 2.40 bits per heavy atom. The summed E-state index contributed by atoms with van der Waals surface area (Å²) < 4.78 is 5.41. The van der Waals surface area contributed by atoms with Gasteiger partial charge in [-0.2, -0.15) is 0 Å². The molecule has 0 amide bonds. The standard InChI is InChI=1S/C10H8ClN3O/c11-7-1-3-8(4-2-7)15-10-9(12)13-5-6-14-10/h1-6H,(H2,12,13).